The fourth-order valence-corrected chi connectivity index (χ4v) is 3.64. The second-order valence-electron chi connectivity index (χ2n) is 6.68. The highest BCUT2D eigenvalue weighted by atomic mass is 16.6. The molecule has 31 heavy (non-hydrogen) atoms. The molecule has 3 aromatic rings. The number of nitrogens with zero attached hydrogens (tertiary/aromatic N) is 3. The van der Waals surface area contributed by atoms with Gasteiger partial charge in [0.15, 0.2) is 0 Å². The molecule has 11 heteroatoms. The molecule has 2 amide bonds. The molecule has 1 heterocycles. The predicted octanol–water partition coefficient (Wildman–Crippen LogP) is 2.86. The zero-order chi connectivity index (χ0) is 22.3. The number of aliphatic hydroxyl groups is 1. The Kier molecular flexibility index (Phi) is 4.79. The lowest BCUT2D eigenvalue weighted by atomic mass is 9.91. The number of rotatable bonds is 6. The molecule has 3 aromatic carbocycles. The molecule has 0 saturated heterocycles. The molecule has 156 valence electrons. The van der Waals surface area contributed by atoms with Crippen LogP contribution in [0.2, 0.25) is 0 Å². The molecule has 1 aliphatic rings. The smallest absolute Gasteiger partial charge is 0.293 e. The SMILES string of the molecule is O=C1c2cccc3c(NCCO)c([N+](=O)[O-])cc(c23)C(=O)N1c1cccc([N+](=O)[O-])c1. The minimum absolute atomic E-state index is 0.0167. The van der Waals surface area contributed by atoms with Gasteiger partial charge in [0.1, 0.15) is 5.69 Å². The number of hydrogen-bond donors (Lipinski definition) is 2. The van der Waals surface area contributed by atoms with E-state index >= 15 is 0 Å². The normalized spacial score (nSPS) is 12.9. The van der Waals surface area contributed by atoms with Crippen molar-refractivity contribution >= 4 is 45.3 Å². The number of imide groups is 1. The van der Waals surface area contributed by atoms with E-state index in [0.29, 0.717) is 0 Å². The van der Waals surface area contributed by atoms with Crippen molar-refractivity contribution in [2.24, 2.45) is 0 Å². The van der Waals surface area contributed by atoms with Gasteiger partial charge in [-0.05, 0) is 12.1 Å². The monoisotopic (exact) mass is 422 g/mol. The average Bonchev–Trinajstić information content (AvgIpc) is 2.76. The van der Waals surface area contributed by atoms with Gasteiger partial charge in [-0.1, -0.05) is 18.2 Å². The number of nitro benzene ring substituents is 2. The van der Waals surface area contributed by atoms with E-state index in [0.717, 1.165) is 17.0 Å². The Morgan fingerprint density at radius 3 is 2.32 bits per heavy atom. The molecule has 0 aromatic heterocycles. The first-order valence-electron chi connectivity index (χ1n) is 9.07. The third-order valence-corrected chi connectivity index (χ3v) is 4.92. The van der Waals surface area contributed by atoms with Crippen molar-refractivity contribution in [1.29, 1.82) is 0 Å². The van der Waals surface area contributed by atoms with Crippen LogP contribution in [0.15, 0.2) is 48.5 Å². The van der Waals surface area contributed by atoms with Crippen LogP contribution < -0.4 is 10.2 Å². The standard InChI is InChI=1S/C20H14N4O7/c25-8-7-21-18-13-5-2-6-14-17(13)15(10-16(18)24(30)31)20(27)22(19(14)26)11-3-1-4-12(9-11)23(28)29/h1-6,9-10,21,25H,7-8H2. The van der Waals surface area contributed by atoms with Gasteiger partial charge in [-0.3, -0.25) is 29.8 Å². The molecule has 0 bridgehead atoms. The lowest BCUT2D eigenvalue weighted by Gasteiger charge is -2.27. The summed E-state index contributed by atoms with van der Waals surface area (Å²) in [6, 6.07) is 10.6. The molecule has 11 nitrogen and oxygen atoms in total. The second-order valence-corrected chi connectivity index (χ2v) is 6.68. The Balaban J connectivity index is 1.97. The summed E-state index contributed by atoms with van der Waals surface area (Å²) in [5, 5.41) is 35.2. The first-order valence-corrected chi connectivity index (χ1v) is 9.07. The minimum Gasteiger partial charge on any atom is -0.395 e. The molecule has 1 aliphatic heterocycles. The number of aliphatic hydroxyl groups excluding tert-OH is 1. The van der Waals surface area contributed by atoms with Crippen LogP contribution in [0.4, 0.5) is 22.7 Å². The van der Waals surface area contributed by atoms with Crippen LogP contribution in [0.5, 0.6) is 0 Å². The number of anilines is 2. The van der Waals surface area contributed by atoms with Gasteiger partial charge in [-0.2, -0.15) is 0 Å². The van der Waals surface area contributed by atoms with Crippen molar-refractivity contribution in [2.45, 2.75) is 0 Å². The third-order valence-electron chi connectivity index (χ3n) is 4.92. The van der Waals surface area contributed by atoms with Gasteiger partial charge >= 0.3 is 0 Å². The highest BCUT2D eigenvalue weighted by Gasteiger charge is 2.37. The second kappa shape index (κ2) is 7.46. The summed E-state index contributed by atoms with van der Waals surface area (Å²) >= 11 is 0. The van der Waals surface area contributed by atoms with E-state index in [1.807, 2.05) is 0 Å². The number of non-ortho nitro benzene ring substituents is 1. The van der Waals surface area contributed by atoms with Crippen LogP contribution in [-0.2, 0) is 0 Å². The topological polar surface area (TPSA) is 156 Å². The summed E-state index contributed by atoms with van der Waals surface area (Å²) < 4.78 is 0. The molecule has 0 radical (unpaired) electrons. The van der Waals surface area contributed by atoms with Crippen LogP contribution in [0, 0.1) is 20.2 Å². The zero-order valence-electron chi connectivity index (χ0n) is 15.8. The molecule has 0 atom stereocenters. The Morgan fingerprint density at radius 2 is 1.65 bits per heavy atom. The fraction of sp³-hybridized carbons (Fsp3) is 0.100. The van der Waals surface area contributed by atoms with Crippen LogP contribution in [0.3, 0.4) is 0 Å². The van der Waals surface area contributed by atoms with Crippen molar-refractivity contribution in [3.05, 3.63) is 79.9 Å². The highest BCUT2D eigenvalue weighted by molar-refractivity contribution is 6.37. The molecule has 0 spiro atoms. The molecule has 0 fully saturated rings. The predicted molar refractivity (Wildman–Crippen MR) is 110 cm³/mol. The molecule has 0 saturated carbocycles. The van der Waals surface area contributed by atoms with Crippen molar-refractivity contribution in [3.8, 4) is 0 Å². The largest absolute Gasteiger partial charge is 0.395 e. The molecule has 0 unspecified atom stereocenters. The van der Waals surface area contributed by atoms with Crippen LogP contribution in [-0.4, -0.2) is 39.9 Å². The number of benzene rings is 3. The van der Waals surface area contributed by atoms with E-state index in [-0.39, 0.29) is 52.1 Å². The van der Waals surface area contributed by atoms with E-state index in [2.05, 4.69) is 5.32 Å². The van der Waals surface area contributed by atoms with Crippen LogP contribution in [0.1, 0.15) is 20.7 Å². The van der Waals surface area contributed by atoms with E-state index < -0.39 is 27.3 Å². The first kappa shape index (κ1) is 19.9. The average molecular weight is 422 g/mol. The first-order chi connectivity index (χ1) is 14.8. The Labute approximate surface area is 173 Å². The van der Waals surface area contributed by atoms with E-state index in [1.54, 1.807) is 6.07 Å². The van der Waals surface area contributed by atoms with Gasteiger partial charge in [0.2, 0.25) is 0 Å². The molecular weight excluding hydrogens is 408 g/mol. The van der Waals surface area contributed by atoms with Gasteiger partial charge in [0.05, 0.1) is 27.7 Å². The summed E-state index contributed by atoms with van der Waals surface area (Å²) in [6.07, 6.45) is 0. The lowest BCUT2D eigenvalue weighted by Crippen LogP contribution is -2.40. The van der Waals surface area contributed by atoms with Crippen molar-refractivity contribution in [3.63, 3.8) is 0 Å². The maximum atomic E-state index is 13.2. The molecule has 0 aliphatic carbocycles. The number of carbonyl (C=O) groups excluding carboxylic acids is 2. The summed E-state index contributed by atoms with van der Waals surface area (Å²) in [4.78, 5) is 48.7. The Bertz CT molecular complexity index is 1290. The van der Waals surface area contributed by atoms with E-state index in [9.17, 15) is 29.8 Å². The van der Waals surface area contributed by atoms with Gasteiger partial charge in [-0.25, -0.2) is 4.90 Å². The maximum absolute atomic E-state index is 13.2. The van der Waals surface area contributed by atoms with Crippen molar-refractivity contribution in [1.82, 2.24) is 0 Å². The van der Waals surface area contributed by atoms with Crippen molar-refractivity contribution in [2.75, 3.05) is 23.4 Å². The third kappa shape index (κ3) is 3.13. The number of nitro groups is 2. The Morgan fingerprint density at radius 1 is 0.935 bits per heavy atom. The van der Waals surface area contributed by atoms with Gasteiger partial charge in [0, 0.05) is 41.1 Å². The molecule has 4 rings (SSSR count). The van der Waals surface area contributed by atoms with E-state index in [4.69, 9.17) is 5.11 Å². The summed E-state index contributed by atoms with van der Waals surface area (Å²) in [5.74, 6) is -1.53. The summed E-state index contributed by atoms with van der Waals surface area (Å²) in [7, 11) is 0. The fourth-order valence-electron chi connectivity index (χ4n) is 3.64. The van der Waals surface area contributed by atoms with E-state index in [1.165, 1.54) is 30.3 Å². The number of amides is 2. The van der Waals surface area contributed by atoms with Crippen LogP contribution >= 0.6 is 0 Å². The Hall–Kier alpha value is -4.38. The molecule has 2 N–H and O–H groups in total. The van der Waals surface area contributed by atoms with Gasteiger partial charge in [-0.15, -0.1) is 0 Å². The summed E-state index contributed by atoms with van der Waals surface area (Å²) in [5.41, 5.74) is -0.578. The van der Waals surface area contributed by atoms with Gasteiger partial charge in [0.25, 0.3) is 23.2 Å². The minimum atomic E-state index is -0.828. The number of carbonyl (C=O) groups is 2. The zero-order valence-corrected chi connectivity index (χ0v) is 15.8. The van der Waals surface area contributed by atoms with Crippen molar-refractivity contribution < 1.29 is 24.5 Å². The lowest BCUT2D eigenvalue weighted by molar-refractivity contribution is -0.384. The molecular formula is C20H14N4O7. The number of hydrogen-bond acceptors (Lipinski definition) is 8. The highest BCUT2D eigenvalue weighted by Crippen LogP contribution is 2.41. The van der Waals surface area contributed by atoms with Gasteiger partial charge < -0.3 is 10.4 Å². The summed E-state index contributed by atoms with van der Waals surface area (Å²) in [6.45, 7) is -0.250. The number of nitrogens with one attached hydrogen (secondary N) is 1. The maximum Gasteiger partial charge on any atom is 0.293 e. The van der Waals surface area contributed by atoms with Crippen LogP contribution in [0.25, 0.3) is 10.8 Å². The quantitative estimate of drug-likeness (QED) is 0.349.